The predicted octanol–water partition coefficient (Wildman–Crippen LogP) is 0.668. The Morgan fingerprint density at radius 1 is 1.47 bits per heavy atom. The average molecular weight is 257 g/mol. The first-order valence-corrected chi connectivity index (χ1v) is 7.41. The van der Waals surface area contributed by atoms with Crippen LogP contribution in [-0.2, 0) is 23.1 Å². The Labute approximate surface area is 102 Å². The normalized spacial score (nSPS) is 16.4. The fourth-order valence-electron chi connectivity index (χ4n) is 1.78. The van der Waals surface area contributed by atoms with E-state index in [1.807, 2.05) is 18.5 Å². The quantitative estimate of drug-likeness (QED) is 0.787. The van der Waals surface area contributed by atoms with Crippen molar-refractivity contribution in [3.63, 3.8) is 0 Å². The Kier molecular flexibility index (Phi) is 3.56. The number of hydrogen-bond donors (Lipinski definition) is 2. The van der Waals surface area contributed by atoms with E-state index in [2.05, 4.69) is 10.0 Å². The summed E-state index contributed by atoms with van der Waals surface area (Å²) < 4.78 is 28.7. The Hall–Kier alpha value is -0.850. The Bertz CT molecular complexity index is 489. The molecule has 1 aromatic rings. The van der Waals surface area contributed by atoms with E-state index in [0.717, 1.165) is 25.1 Å². The largest absolute Gasteiger partial charge is 0.349 e. The van der Waals surface area contributed by atoms with Gasteiger partial charge >= 0.3 is 0 Å². The van der Waals surface area contributed by atoms with Crippen molar-refractivity contribution in [1.82, 2.24) is 14.6 Å². The second-order valence-corrected chi connectivity index (χ2v) is 6.09. The van der Waals surface area contributed by atoms with Gasteiger partial charge in [-0.25, -0.2) is 13.1 Å². The van der Waals surface area contributed by atoms with E-state index in [0.29, 0.717) is 11.4 Å². The van der Waals surface area contributed by atoms with Crippen LogP contribution in [0.3, 0.4) is 0 Å². The molecule has 1 fully saturated rings. The van der Waals surface area contributed by atoms with Crippen LogP contribution >= 0.6 is 0 Å². The molecule has 1 saturated carbocycles. The Morgan fingerprint density at radius 2 is 2.18 bits per heavy atom. The van der Waals surface area contributed by atoms with Gasteiger partial charge in [0, 0.05) is 31.0 Å². The minimum atomic E-state index is -3.33. The summed E-state index contributed by atoms with van der Waals surface area (Å²) in [5.74, 6) is 0. The van der Waals surface area contributed by atoms with Gasteiger partial charge in [0.05, 0.1) is 4.90 Å². The highest BCUT2D eigenvalue weighted by Gasteiger charge is 2.28. The van der Waals surface area contributed by atoms with Gasteiger partial charge in [-0.05, 0) is 32.9 Å². The Morgan fingerprint density at radius 3 is 2.71 bits per heavy atom. The molecule has 1 aromatic heterocycles. The van der Waals surface area contributed by atoms with E-state index in [4.69, 9.17) is 0 Å². The van der Waals surface area contributed by atoms with Gasteiger partial charge in [0.2, 0.25) is 10.0 Å². The zero-order valence-corrected chi connectivity index (χ0v) is 11.0. The first-order chi connectivity index (χ1) is 8.06. The van der Waals surface area contributed by atoms with Gasteiger partial charge in [-0.1, -0.05) is 0 Å². The molecule has 17 heavy (non-hydrogen) atoms. The summed E-state index contributed by atoms with van der Waals surface area (Å²) in [6.45, 7) is 3.45. The van der Waals surface area contributed by atoms with E-state index in [1.165, 1.54) is 0 Å². The van der Waals surface area contributed by atoms with Crippen LogP contribution in [0.25, 0.3) is 0 Å². The lowest BCUT2D eigenvalue weighted by atomic mass is 10.4. The summed E-state index contributed by atoms with van der Waals surface area (Å²) >= 11 is 0. The molecule has 0 atom stereocenters. The predicted molar refractivity (Wildman–Crippen MR) is 66.2 cm³/mol. The number of rotatable bonds is 6. The van der Waals surface area contributed by atoms with Crippen LogP contribution in [0.4, 0.5) is 0 Å². The molecular weight excluding hydrogens is 238 g/mol. The SMILES string of the molecule is CCn1cc(S(=O)(=O)NC2CC2)cc1CNC. The molecule has 0 saturated heterocycles. The molecule has 6 heteroatoms. The molecule has 1 heterocycles. The molecule has 0 aromatic carbocycles. The monoisotopic (exact) mass is 257 g/mol. The van der Waals surface area contributed by atoms with Crippen molar-refractivity contribution in [2.75, 3.05) is 7.05 Å². The van der Waals surface area contributed by atoms with E-state index in [9.17, 15) is 8.42 Å². The van der Waals surface area contributed by atoms with Gasteiger partial charge in [-0.15, -0.1) is 0 Å². The van der Waals surface area contributed by atoms with Crippen molar-refractivity contribution < 1.29 is 8.42 Å². The highest BCUT2D eigenvalue weighted by atomic mass is 32.2. The van der Waals surface area contributed by atoms with Crippen molar-refractivity contribution in [3.05, 3.63) is 18.0 Å². The maximum Gasteiger partial charge on any atom is 0.242 e. The molecule has 1 aliphatic rings. The second-order valence-electron chi connectivity index (χ2n) is 4.38. The van der Waals surface area contributed by atoms with Crippen LogP contribution < -0.4 is 10.0 Å². The minimum absolute atomic E-state index is 0.151. The van der Waals surface area contributed by atoms with Gasteiger partial charge in [-0.2, -0.15) is 0 Å². The van der Waals surface area contributed by atoms with E-state index >= 15 is 0 Å². The number of aryl methyl sites for hydroxylation is 1. The molecule has 0 bridgehead atoms. The van der Waals surface area contributed by atoms with Crippen LogP contribution in [0.1, 0.15) is 25.5 Å². The van der Waals surface area contributed by atoms with E-state index in [1.54, 1.807) is 12.3 Å². The van der Waals surface area contributed by atoms with Crippen LogP contribution in [0.2, 0.25) is 0 Å². The topological polar surface area (TPSA) is 63.1 Å². The smallest absolute Gasteiger partial charge is 0.242 e. The summed E-state index contributed by atoms with van der Waals surface area (Å²) in [5, 5.41) is 3.04. The number of nitrogens with zero attached hydrogens (tertiary/aromatic N) is 1. The van der Waals surface area contributed by atoms with Crippen LogP contribution in [0.5, 0.6) is 0 Å². The molecule has 0 unspecified atom stereocenters. The molecule has 0 aliphatic heterocycles. The molecule has 0 radical (unpaired) electrons. The van der Waals surface area contributed by atoms with Gasteiger partial charge in [0.15, 0.2) is 0 Å². The summed E-state index contributed by atoms with van der Waals surface area (Å²) in [6, 6.07) is 1.89. The lowest BCUT2D eigenvalue weighted by molar-refractivity contribution is 0.580. The maximum absolute atomic E-state index is 12.0. The van der Waals surface area contributed by atoms with Crippen molar-refractivity contribution in [1.29, 1.82) is 0 Å². The molecule has 1 aliphatic carbocycles. The zero-order chi connectivity index (χ0) is 12.5. The molecule has 2 N–H and O–H groups in total. The van der Waals surface area contributed by atoms with Crippen LogP contribution in [0.15, 0.2) is 17.2 Å². The van der Waals surface area contributed by atoms with E-state index in [-0.39, 0.29) is 6.04 Å². The van der Waals surface area contributed by atoms with Gasteiger partial charge in [-0.3, -0.25) is 0 Å². The van der Waals surface area contributed by atoms with Gasteiger partial charge < -0.3 is 9.88 Å². The van der Waals surface area contributed by atoms with Crippen molar-refractivity contribution in [2.45, 2.75) is 43.8 Å². The van der Waals surface area contributed by atoms with Crippen LogP contribution in [0, 0.1) is 0 Å². The first kappa shape index (κ1) is 12.6. The van der Waals surface area contributed by atoms with Crippen molar-refractivity contribution in [2.24, 2.45) is 0 Å². The fraction of sp³-hybridized carbons (Fsp3) is 0.636. The third-order valence-electron chi connectivity index (χ3n) is 2.87. The van der Waals surface area contributed by atoms with Crippen LogP contribution in [-0.4, -0.2) is 26.1 Å². The summed E-state index contributed by atoms with van der Waals surface area (Å²) in [7, 11) is -1.47. The number of hydrogen-bond acceptors (Lipinski definition) is 3. The summed E-state index contributed by atoms with van der Waals surface area (Å²) in [6.07, 6.45) is 3.62. The van der Waals surface area contributed by atoms with Gasteiger partial charge in [0.25, 0.3) is 0 Å². The van der Waals surface area contributed by atoms with Crippen molar-refractivity contribution >= 4 is 10.0 Å². The summed E-state index contributed by atoms with van der Waals surface area (Å²) in [4.78, 5) is 0.372. The van der Waals surface area contributed by atoms with E-state index < -0.39 is 10.0 Å². The third kappa shape index (κ3) is 2.88. The first-order valence-electron chi connectivity index (χ1n) is 5.93. The molecule has 0 amide bonds. The molecule has 0 spiro atoms. The number of nitrogens with one attached hydrogen (secondary N) is 2. The van der Waals surface area contributed by atoms with Crippen molar-refractivity contribution in [3.8, 4) is 0 Å². The highest BCUT2D eigenvalue weighted by Crippen LogP contribution is 2.23. The number of sulfonamides is 1. The fourth-order valence-corrected chi connectivity index (χ4v) is 3.15. The lowest BCUT2D eigenvalue weighted by Crippen LogP contribution is -2.25. The Balaban J connectivity index is 2.25. The minimum Gasteiger partial charge on any atom is -0.349 e. The zero-order valence-electron chi connectivity index (χ0n) is 10.2. The lowest BCUT2D eigenvalue weighted by Gasteiger charge is -2.03. The third-order valence-corrected chi connectivity index (χ3v) is 4.36. The highest BCUT2D eigenvalue weighted by molar-refractivity contribution is 7.89. The second kappa shape index (κ2) is 4.80. The molecule has 96 valence electrons. The molecule has 5 nitrogen and oxygen atoms in total. The molecular formula is C11H19N3O2S. The maximum atomic E-state index is 12.0. The summed E-state index contributed by atoms with van der Waals surface area (Å²) in [5.41, 5.74) is 0.992. The average Bonchev–Trinajstić information content (AvgIpc) is 2.96. The molecule has 2 rings (SSSR count). The van der Waals surface area contributed by atoms with Gasteiger partial charge in [0.1, 0.15) is 0 Å². The standard InChI is InChI=1S/C11H19N3O2S/c1-3-14-8-11(6-10(14)7-12-2)17(15,16)13-9-4-5-9/h6,8-9,12-13H,3-5,7H2,1-2H3. The number of aromatic nitrogens is 1.